The van der Waals surface area contributed by atoms with E-state index in [0.717, 1.165) is 43.1 Å². The molecule has 2 aliphatic heterocycles. The third-order valence-corrected chi connectivity index (χ3v) is 6.74. The second kappa shape index (κ2) is 8.63. The molecular formula is C26H29N5O. The second-order valence-electron chi connectivity index (χ2n) is 8.98. The first-order valence-electron chi connectivity index (χ1n) is 11.3. The van der Waals surface area contributed by atoms with Gasteiger partial charge in [-0.05, 0) is 61.2 Å². The summed E-state index contributed by atoms with van der Waals surface area (Å²) in [6.07, 6.45) is 5.35. The molecule has 0 saturated carbocycles. The number of aromatic nitrogens is 1. The van der Waals surface area contributed by atoms with E-state index < -0.39 is 0 Å². The zero-order valence-electron chi connectivity index (χ0n) is 18.2. The minimum Gasteiger partial charge on any atom is -0.397 e. The Morgan fingerprint density at radius 3 is 2.69 bits per heavy atom. The molecule has 2 saturated heterocycles. The fourth-order valence-corrected chi connectivity index (χ4v) is 4.92. The fraction of sp³-hybridized carbons (Fsp3) is 0.308. The zero-order chi connectivity index (χ0) is 22.0. The van der Waals surface area contributed by atoms with Crippen LogP contribution >= 0.6 is 0 Å². The van der Waals surface area contributed by atoms with E-state index in [2.05, 4.69) is 20.5 Å². The third kappa shape index (κ3) is 4.18. The number of pyridine rings is 1. The highest BCUT2D eigenvalue weighted by molar-refractivity contribution is 6.06. The Morgan fingerprint density at radius 1 is 1.06 bits per heavy atom. The molecule has 0 aliphatic carbocycles. The van der Waals surface area contributed by atoms with E-state index in [9.17, 15) is 4.79 Å². The van der Waals surface area contributed by atoms with Gasteiger partial charge >= 0.3 is 0 Å². The van der Waals surface area contributed by atoms with Gasteiger partial charge in [-0.1, -0.05) is 36.4 Å². The lowest BCUT2D eigenvalue weighted by atomic mass is 9.79. The lowest BCUT2D eigenvalue weighted by Crippen LogP contribution is -2.44. The predicted molar refractivity (Wildman–Crippen MR) is 130 cm³/mol. The van der Waals surface area contributed by atoms with Crippen molar-refractivity contribution in [3.63, 3.8) is 0 Å². The first kappa shape index (κ1) is 20.5. The molecule has 4 N–H and O–H groups in total. The Kier molecular flexibility index (Phi) is 5.53. The van der Waals surface area contributed by atoms with E-state index in [1.54, 1.807) is 6.20 Å². The second-order valence-corrected chi connectivity index (χ2v) is 8.98. The van der Waals surface area contributed by atoms with Gasteiger partial charge in [-0.25, -0.2) is 4.98 Å². The van der Waals surface area contributed by atoms with Crippen molar-refractivity contribution in [2.75, 3.05) is 42.1 Å². The van der Waals surface area contributed by atoms with Crippen molar-refractivity contribution in [3.8, 4) is 11.1 Å². The number of piperidine rings is 1. The summed E-state index contributed by atoms with van der Waals surface area (Å²) in [5, 5.41) is 6.46. The van der Waals surface area contributed by atoms with Gasteiger partial charge in [-0.3, -0.25) is 4.79 Å². The monoisotopic (exact) mass is 427 g/mol. The van der Waals surface area contributed by atoms with Gasteiger partial charge in [-0.15, -0.1) is 0 Å². The largest absolute Gasteiger partial charge is 0.397 e. The van der Waals surface area contributed by atoms with Crippen LogP contribution < -0.4 is 21.3 Å². The highest BCUT2D eigenvalue weighted by atomic mass is 16.1. The summed E-state index contributed by atoms with van der Waals surface area (Å²) in [4.78, 5) is 19.9. The molecule has 2 aromatic carbocycles. The number of nitrogens with zero attached hydrogens (tertiary/aromatic N) is 2. The Morgan fingerprint density at radius 2 is 1.94 bits per heavy atom. The van der Waals surface area contributed by atoms with Crippen LogP contribution in [0.1, 0.15) is 29.6 Å². The average Bonchev–Trinajstić information content (AvgIpc) is 3.28. The average molecular weight is 428 g/mol. The van der Waals surface area contributed by atoms with Crippen molar-refractivity contribution in [2.24, 2.45) is 5.41 Å². The normalized spacial score (nSPS) is 20.4. The molecule has 6 heteroatoms. The molecule has 1 unspecified atom stereocenters. The number of hydrogen-bond donors (Lipinski definition) is 3. The van der Waals surface area contributed by atoms with Crippen molar-refractivity contribution in [3.05, 3.63) is 72.4 Å². The molecule has 1 atom stereocenters. The molecule has 0 bridgehead atoms. The number of carbonyl (C=O) groups excluding carboxylic acids is 1. The Bertz CT molecular complexity index is 1090. The molecule has 2 fully saturated rings. The highest BCUT2D eigenvalue weighted by Crippen LogP contribution is 2.37. The summed E-state index contributed by atoms with van der Waals surface area (Å²) in [6, 6.07) is 19.5. The van der Waals surface area contributed by atoms with Crippen LogP contribution in [0.4, 0.5) is 17.2 Å². The highest BCUT2D eigenvalue weighted by Gasteiger charge is 2.38. The molecule has 1 amide bonds. The molecular weight excluding hydrogens is 398 g/mol. The lowest BCUT2D eigenvalue weighted by molar-refractivity contribution is 0.102. The van der Waals surface area contributed by atoms with Crippen LogP contribution in [0.3, 0.4) is 0 Å². The number of hydrogen-bond acceptors (Lipinski definition) is 5. The van der Waals surface area contributed by atoms with Gasteiger partial charge in [0, 0.05) is 31.2 Å². The van der Waals surface area contributed by atoms with Gasteiger partial charge in [0.15, 0.2) is 0 Å². The number of amides is 1. The molecule has 2 aliphatic rings. The zero-order valence-corrected chi connectivity index (χ0v) is 18.2. The maximum atomic E-state index is 12.9. The van der Waals surface area contributed by atoms with Gasteiger partial charge in [0.1, 0.15) is 5.82 Å². The molecule has 0 radical (unpaired) electrons. The van der Waals surface area contributed by atoms with Gasteiger partial charge in [0.2, 0.25) is 0 Å². The van der Waals surface area contributed by atoms with Gasteiger partial charge in [-0.2, -0.15) is 0 Å². The topological polar surface area (TPSA) is 83.3 Å². The number of nitrogens with two attached hydrogens (primary N) is 1. The third-order valence-electron chi connectivity index (χ3n) is 6.74. The molecule has 3 heterocycles. The summed E-state index contributed by atoms with van der Waals surface area (Å²) in [7, 11) is 0. The molecule has 3 aromatic rings. The van der Waals surface area contributed by atoms with E-state index in [4.69, 9.17) is 5.73 Å². The summed E-state index contributed by atoms with van der Waals surface area (Å²) >= 11 is 0. The summed E-state index contributed by atoms with van der Waals surface area (Å²) in [5.74, 6) is 0.731. The summed E-state index contributed by atoms with van der Waals surface area (Å²) in [5.41, 5.74) is 10.2. The van der Waals surface area contributed by atoms with Crippen molar-refractivity contribution in [2.45, 2.75) is 19.3 Å². The van der Waals surface area contributed by atoms with Crippen LogP contribution in [0.5, 0.6) is 0 Å². The SMILES string of the molecule is Nc1ccc(-c2ccccc2)cc1NC(=O)c1ccc(N2CCCC3(CCNC3)C2)nc1. The minimum atomic E-state index is -0.212. The van der Waals surface area contributed by atoms with Crippen LogP contribution in [0.15, 0.2) is 66.9 Å². The maximum absolute atomic E-state index is 12.9. The van der Waals surface area contributed by atoms with Gasteiger partial charge < -0.3 is 21.3 Å². The van der Waals surface area contributed by atoms with Crippen LogP contribution in [0.25, 0.3) is 11.1 Å². The standard InChI is InChI=1S/C26H29N5O/c27-22-9-7-20(19-5-2-1-3-6-19)15-23(22)30-25(32)21-8-10-24(29-16-21)31-14-4-11-26(18-31)12-13-28-17-26/h1-3,5-10,15-16,28H,4,11-14,17-18,27H2,(H,30,32). The molecule has 1 aromatic heterocycles. The quantitative estimate of drug-likeness (QED) is 0.545. The van der Waals surface area contributed by atoms with E-state index in [1.165, 1.54) is 19.3 Å². The number of benzene rings is 2. The van der Waals surface area contributed by atoms with Gasteiger partial charge in [0.05, 0.1) is 16.9 Å². The van der Waals surface area contributed by atoms with Crippen molar-refractivity contribution >= 4 is 23.1 Å². The number of nitrogen functional groups attached to an aromatic ring is 1. The molecule has 32 heavy (non-hydrogen) atoms. The summed E-state index contributed by atoms with van der Waals surface area (Å²) in [6.45, 7) is 4.24. The molecule has 1 spiro atoms. The van der Waals surface area contributed by atoms with Crippen LogP contribution in [0.2, 0.25) is 0 Å². The van der Waals surface area contributed by atoms with E-state index in [-0.39, 0.29) is 5.91 Å². The van der Waals surface area contributed by atoms with Crippen LogP contribution in [-0.2, 0) is 0 Å². The molecule has 6 nitrogen and oxygen atoms in total. The fourth-order valence-electron chi connectivity index (χ4n) is 4.92. The molecule has 5 rings (SSSR count). The maximum Gasteiger partial charge on any atom is 0.257 e. The molecule has 164 valence electrons. The lowest BCUT2D eigenvalue weighted by Gasteiger charge is -2.40. The van der Waals surface area contributed by atoms with Crippen molar-refractivity contribution in [1.29, 1.82) is 0 Å². The van der Waals surface area contributed by atoms with Gasteiger partial charge in [0.25, 0.3) is 5.91 Å². The predicted octanol–water partition coefficient (Wildman–Crippen LogP) is 4.16. The number of nitrogens with one attached hydrogen (secondary N) is 2. The van der Waals surface area contributed by atoms with E-state index >= 15 is 0 Å². The number of rotatable bonds is 4. The van der Waals surface area contributed by atoms with E-state index in [0.29, 0.717) is 22.4 Å². The van der Waals surface area contributed by atoms with E-state index in [1.807, 2.05) is 60.7 Å². The first-order chi connectivity index (χ1) is 15.6. The Hall–Kier alpha value is -3.38. The Balaban J connectivity index is 1.29. The number of anilines is 3. The smallest absolute Gasteiger partial charge is 0.257 e. The van der Waals surface area contributed by atoms with Crippen LogP contribution in [0, 0.1) is 5.41 Å². The first-order valence-corrected chi connectivity index (χ1v) is 11.3. The van der Waals surface area contributed by atoms with Crippen LogP contribution in [-0.4, -0.2) is 37.1 Å². The van der Waals surface area contributed by atoms with Crippen molar-refractivity contribution < 1.29 is 4.79 Å². The minimum absolute atomic E-state index is 0.212. The van der Waals surface area contributed by atoms with Crippen molar-refractivity contribution in [1.82, 2.24) is 10.3 Å². The Labute approximate surface area is 188 Å². The summed E-state index contributed by atoms with van der Waals surface area (Å²) < 4.78 is 0. The number of carbonyl (C=O) groups is 1.